The largest absolute Gasteiger partial charge is 0.359 e. The van der Waals surface area contributed by atoms with Gasteiger partial charge in [0.2, 0.25) is 11.7 Å². The maximum Gasteiger partial charge on any atom is 0.312 e. The fraction of sp³-hybridized carbons (Fsp3) is 0.333. The number of nitrogens with zero attached hydrogens (tertiary/aromatic N) is 2. The highest BCUT2D eigenvalue weighted by Crippen LogP contribution is 2.26. The van der Waals surface area contributed by atoms with Crippen LogP contribution in [0, 0.1) is 10.1 Å². The van der Waals surface area contributed by atoms with Gasteiger partial charge in [0, 0.05) is 29.7 Å². The van der Waals surface area contributed by atoms with E-state index in [2.05, 4.69) is 31.5 Å². The van der Waals surface area contributed by atoms with Gasteiger partial charge in [-0.3, -0.25) is 14.9 Å². The summed E-state index contributed by atoms with van der Waals surface area (Å²) in [6.07, 6.45) is 1.77. The summed E-state index contributed by atoms with van der Waals surface area (Å²) >= 11 is 3.13. The van der Waals surface area contributed by atoms with Gasteiger partial charge in [0.15, 0.2) is 0 Å². The number of hydrogen-bond donors (Lipinski definition) is 2. The molecule has 2 N–H and O–H groups in total. The van der Waals surface area contributed by atoms with E-state index in [0.717, 1.165) is 0 Å². The molecule has 1 atom stereocenters. The number of nitro groups is 1. The van der Waals surface area contributed by atoms with E-state index in [1.165, 1.54) is 12.3 Å². The van der Waals surface area contributed by atoms with Crippen LogP contribution in [0.1, 0.15) is 6.42 Å². The minimum atomic E-state index is -0.510. The van der Waals surface area contributed by atoms with Crippen molar-refractivity contribution in [3.05, 3.63) is 26.9 Å². The third-order valence-corrected chi connectivity index (χ3v) is 2.78. The lowest BCUT2D eigenvalue weighted by Gasteiger charge is -2.10. The molecule has 2 rings (SSSR count). The SMILES string of the molecule is O=C1CC(Nc2ncc(Br)cc2[N+](=O)[O-])CN1. The molecule has 0 saturated carbocycles. The molecule has 0 spiro atoms. The number of rotatable bonds is 3. The highest BCUT2D eigenvalue weighted by atomic mass is 79.9. The standard InChI is InChI=1S/C9H9BrN4O3/c10-5-1-7(14(16)17)9(12-3-5)13-6-2-8(15)11-4-6/h1,3,6H,2,4H2,(H,11,15)(H,12,13). The summed E-state index contributed by atoms with van der Waals surface area (Å²) in [6.45, 7) is 0.452. The van der Waals surface area contributed by atoms with Gasteiger partial charge >= 0.3 is 5.69 Å². The quantitative estimate of drug-likeness (QED) is 0.642. The number of amides is 1. The topological polar surface area (TPSA) is 97.2 Å². The van der Waals surface area contributed by atoms with Crippen LogP contribution in [0.15, 0.2) is 16.7 Å². The molecule has 1 amide bonds. The van der Waals surface area contributed by atoms with Crippen molar-refractivity contribution in [1.82, 2.24) is 10.3 Å². The van der Waals surface area contributed by atoms with Crippen LogP contribution in [0.5, 0.6) is 0 Å². The number of nitrogens with one attached hydrogen (secondary N) is 2. The minimum absolute atomic E-state index is 0.0673. The van der Waals surface area contributed by atoms with E-state index < -0.39 is 4.92 Å². The zero-order chi connectivity index (χ0) is 12.4. The summed E-state index contributed by atoms with van der Waals surface area (Å²) < 4.78 is 0.537. The molecule has 1 aromatic rings. The molecule has 90 valence electrons. The van der Waals surface area contributed by atoms with Gasteiger partial charge in [0.1, 0.15) is 0 Å². The molecule has 1 aliphatic rings. The van der Waals surface area contributed by atoms with E-state index >= 15 is 0 Å². The fourth-order valence-electron chi connectivity index (χ4n) is 1.58. The molecule has 1 aliphatic heterocycles. The van der Waals surface area contributed by atoms with Gasteiger partial charge in [0.25, 0.3) is 0 Å². The van der Waals surface area contributed by atoms with E-state index in [-0.39, 0.29) is 23.5 Å². The van der Waals surface area contributed by atoms with E-state index in [1.807, 2.05) is 0 Å². The second-order valence-electron chi connectivity index (χ2n) is 3.63. The molecule has 7 nitrogen and oxygen atoms in total. The second-order valence-corrected chi connectivity index (χ2v) is 4.54. The molecule has 8 heteroatoms. The van der Waals surface area contributed by atoms with E-state index in [9.17, 15) is 14.9 Å². The van der Waals surface area contributed by atoms with Crippen molar-refractivity contribution >= 4 is 33.3 Å². The first-order valence-electron chi connectivity index (χ1n) is 4.89. The summed E-state index contributed by atoms with van der Waals surface area (Å²) in [5, 5.41) is 16.4. The van der Waals surface area contributed by atoms with Gasteiger partial charge in [-0.2, -0.15) is 0 Å². The number of carbonyl (C=O) groups is 1. The molecule has 2 heterocycles. The van der Waals surface area contributed by atoms with Gasteiger partial charge < -0.3 is 10.6 Å². The molecule has 1 unspecified atom stereocenters. The minimum Gasteiger partial charge on any atom is -0.359 e. The Balaban J connectivity index is 2.20. The zero-order valence-electron chi connectivity index (χ0n) is 8.64. The Kier molecular flexibility index (Phi) is 3.23. The van der Waals surface area contributed by atoms with Gasteiger partial charge in [-0.25, -0.2) is 4.98 Å². The summed E-state index contributed by atoms with van der Waals surface area (Å²) in [5.41, 5.74) is -0.112. The average molecular weight is 301 g/mol. The van der Waals surface area contributed by atoms with Gasteiger partial charge in [0.05, 0.1) is 11.0 Å². The van der Waals surface area contributed by atoms with Gasteiger partial charge in [-0.15, -0.1) is 0 Å². The van der Waals surface area contributed by atoms with Crippen LogP contribution in [0.3, 0.4) is 0 Å². The van der Waals surface area contributed by atoms with Crippen LogP contribution in [-0.4, -0.2) is 28.4 Å². The Labute approximate surface area is 105 Å². The van der Waals surface area contributed by atoms with Crippen LogP contribution in [0.4, 0.5) is 11.5 Å². The Morgan fingerprint density at radius 1 is 1.65 bits per heavy atom. The third-order valence-electron chi connectivity index (χ3n) is 2.35. The normalized spacial score (nSPS) is 18.9. The lowest BCUT2D eigenvalue weighted by molar-refractivity contribution is -0.384. The first kappa shape index (κ1) is 11.8. The number of halogens is 1. The monoisotopic (exact) mass is 300 g/mol. The second kappa shape index (κ2) is 4.66. The lowest BCUT2D eigenvalue weighted by Crippen LogP contribution is -2.23. The van der Waals surface area contributed by atoms with Crippen molar-refractivity contribution in [3.63, 3.8) is 0 Å². The zero-order valence-corrected chi connectivity index (χ0v) is 10.2. The molecule has 0 bridgehead atoms. The maximum atomic E-state index is 11.0. The molecule has 0 aliphatic carbocycles. The van der Waals surface area contributed by atoms with Crippen molar-refractivity contribution in [2.24, 2.45) is 0 Å². The molecular formula is C9H9BrN4O3. The Morgan fingerprint density at radius 2 is 2.41 bits per heavy atom. The Morgan fingerprint density at radius 3 is 3.00 bits per heavy atom. The predicted molar refractivity (Wildman–Crippen MR) is 63.6 cm³/mol. The maximum absolute atomic E-state index is 11.0. The number of aromatic nitrogens is 1. The smallest absolute Gasteiger partial charge is 0.312 e. The van der Waals surface area contributed by atoms with E-state index in [4.69, 9.17) is 0 Å². The average Bonchev–Trinajstić information content (AvgIpc) is 2.66. The Hall–Kier alpha value is -1.70. The number of anilines is 1. The van der Waals surface area contributed by atoms with Gasteiger partial charge in [-0.1, -0.05) is 0 Å². The van der Waals surface area contributed by atoms with Crippen molar-refractivity contribution in [3.8, 4) is 0 Å². The fourth-order valence-corrected chi connectivity index (χ4v) is 1.90. The van der Waals surface area contributed by atoms with Crippen LogP contribution in [0.2, 0.25) is 0 Å². The van der Waals surface area contributed by atoms with Crippen LogP contribution < -0.4 is 10.6 Å². The Bertz CT molecular complexity index is 479. The molecule has 0 aromatic carbocycles. The van der Waals surface area contributed by atoms with Crippen LogP contribution in [0.25, 0.3) is 0 Å². The number of hydrogen-bond acceptors (Lipinski definition) is 5. The van der Waals surface area contributed by atoms with Crippen molar-refractivity contribution in [2.75, 3.05) is 11.9 Å². The summed E-state index contributed by atoms with van der Waals surface area (Å²) in [4.78, 5) is 25.3. The predicted octanol–water partition coefficient (Wildman–Crippen LogP) is 1.05. The highest BCUT2D eigenvalue weighted by Gasteiger charge is 2.25. The molecular weight excluding hydrogens is 292 g/mol. The summed E-state index contributed by atoms with van der Waals surface area (Å²) in [6, 6.07) is 1.22. The van der Waals surface area contributed by atoms with Gasteiger partial charge in [-0.05, 0) is 15.9 Å². The van der Waals surface area contributed by atoms with Crippen molar-refractivity contribution in [2.45, 2.75) is 12.5 Å². The highest BCUT2D eigenvalue weighted by molar-refractivity contribution is 9.10. The van der Waals surface area contributed by atoms with E-state index in [0.29, 0.717) is 17.4 Å². The van der Waals surface area contributed by atoms with Crippen molar-refractivity contribution < 1.29 is 9.72 Å². The molecule has 1 fully saturated rings. The van der Waals surface area contributed by atoms with E-state index in [1.54, 1.807) is 0 Å². The molecule has 0 radical (unpaired) electrons. The molecule has 1 saturated heterocycles. The van der Waals surface area contributed by atoms with Crippen LogP contribution >= 0.6 is 15.9 Å². The third kappa shape index (κ3) is 2.70. The molecule has 17 heavy (non-hydrogen) atoms. The first-order chi connectivity index (χ1) is 8.06. The number of pyridine rings is 1. The summed E-state index contributed by atoms with van der Waals surface area (Å²) in [5.74, 6) is 0.113. The van der Waals surface area contributed by atoms with Crippen molar-refractivity contribution in [1.29, 1.82) is 0 Å². The van der Waals surface area contributed by atoms with Crippen LogP contribution in [-0.2, 0) is 4.79 Å². The molecule has 1 aromatic heterocycles. The number of carbonyl (C=O) groups excluding carboxylic acids is 1. The first-order valence-corrected chi connectivity index (χ1v) is 5.68. The summed E-state index contributed by atoms with van der Waals surface area (Å²) in [7, 11) is 0. The lowest BCUT2D eigenvalue weighted by atomic mass is 10.2.